The van der Waals surface area contributed by atoms with Crippen LogP contribution in [-0.4, -0.2) is 95.8 Å². The van der Waals surface area contributed by atoms with Crippen molar-refractivity contribution in [1.29, 1.82) is 0 Å². The molecule has 1 aliphatic carbocycles. The molecule has 2 aliphatic heterocycles. The molecule has 2 fully saturated rings. The first-order chi connectivity index (χ1) is 20.4. The van der Waals surface area contributed by atoms with E-state index < -0.39 is 32.7 Å². The van der Waals surface area contributed by atoms with E-state index in [1.807, 2.05) is 34.8 Å². The molecule has 8 nitrogen and oxygen atoms in total. The second-order valence-electron chi connectivity index (χ2n) is 12.5. The Morgan fingerprint density at radius 1 is 1.02 bits per heavy atom. The zero-order valence-electron chi connectivity index (χ0n) is 25.3. The summed E-state index contributed by atoms with van der Waals surface area (Å²) in [5, 5.41) is 0. The fourth-order valence-electron chi connectivity index (χ4n) is 7.07. The van der Waals surface area contributed by atoms with Gasteiger partial charge in [0.05, 0.1) is 16.5 Å². The summed E-state index contributed by atoms with van der Waals surface area (Å²) in [6.07, 6.45) is 1.71. The van der Waals surface area contributed by atoms with Crippen molar-refractivity contribution in [2.75, 3.05) is 39.8 Å². The number of carbonyl (C=O) groups excluding carboxylic acids is 1. The van der Waals surface area contributed by atoms with Crippen molar-refractivity contribution in [3.63, 3.8) is 0 Å². The van der Waals surface area contributed by atoms with E-state index in [1.54, 1.807) is 0 Å². The largest absolute Gasteiger partial charge is 0.416 e. The van der Waals surface area contributed by atoms with Crippen LogP contribution in [0, 0.1) is 0 Å². The SMILES string of the molecule is CC(C)N1CCN([C@H]2CCC[C@@H](N(C)C(=O)CCC3c4cccn4CCN3S(=O)(=O)c3cccc(C(F)(F)F)c3)C2)CC1. The zero-order valence-corrected chi connectivity index (χ0v) is 26.2. The van der Waals surface area contributed by atoms with Gasteiger partial charge in [0, 0.05) is 82.8 Å². The van der Waals surface area contributed by atoms with E-state index in [1.165, 1.54) is 10.4 Å². The molecule has 5 rings (SSSR count). The number of piperazine rings is 1. The number of sulfonamides is 1. The van der Waals surface area contributed by atoms with Crippen LogP contribution in [0.15, 0.2) is 47.5 Å². The van der Waals surface area contributed by atoms with Crippen LogP contribution < -0.4 is 0 Å². The summed E-state index contributed by atoms with van der Waals surface area (Å²) < 4.78 is 70.8. The summed E-state index contributed by atoms with van der Waals surface area (Å²) in [5.74, 6) is -0.0321. The lowest BCUT2D eigenvalue weighted by Gasteiger charge is -2.45. The molecular formula is C31H44F3N5O3S. The van der Waals surface area contributed by atoms with Crippen LogP contribution in [0.3, 0.4) is 0 Å². The van der Waals surface area contributed by atoms with Gasteiger partial charge < -0.3 is 9.47 Å². The fourth-order valence-corrected chi connectivity index (χ4v) is 8.74. The first kappa shape index (κ1) is 32.0. The lowest BCUT2D eigenvalue weighted by atomic mass is 9.88. The smallest absolute Gasteiger partial charge is 0.349 e. The van der Waals surface area contributed by atoms with Crippen LogP contribution in [-0.2, 0) is 27.5 Å². The molecule has 3 atom stereocenters. The normalized spacial score (nSPS) is 24.7. The number of benzene rings is 1. The maximum absolute atomic E-state index is 13.7. The predicted octanol–water partition coefficient (Wildman–Crippen LogP) is 4.83. The van der Waals surface area contributed by atoms with Crippen molar-refractivity contribution in [3.05, 3.63) is 53.9 Å². The predicted molar refractivity (Wildman–Crippen MR) is 159 cm³/mol. The zero-order chi connectivity index (χ0) is 30.9. The third-order valence-electron chi connectivity index (χ3n) is 9.67. The van der Waals surface area contributed by atoms with Crippen LogP contribution in [0.2, 0.25) is 0 Å². The molecule has 1 aromatic heterocycles. The molecule has 238 valence electrons. The van der Waals surface area contributed by atoms with Crippen LogP contribution in [0.4, 0.5) is 13.2 Å². The maximum atomic E-state index is 13.7. The molecule has 43 heavy (non-hydrogen) atoms. The maximum Gasteiger partial charge on any atom is 0.416 e. The first-order valence-electron chi connectivity index (χ1n) is 15.4. The van der Waals surface area contributed by atoms with E-state index in [4.69, 9.17) is 0 Å². The third-order valence-corrected chi connectivity index (χ3v) is 11.6. The molecule has 3 aliphatic rings. The van der Waals surface area contributed by atoms with E-state index in [0.717, 1.165) is 69.7 Å². The second kappa shape index (κ2) is 12.9. The van der Waals surface area contributed by atoms with E-state index in [2.05, 4.69) is 23.6 Å². The van der Waals surface area contributed by atoms with Crippen molar-refractivity contribution in [2.45, 2.75) is 94.2 Å². The van der Waals surface area contributed by atoms with E-state index in [0.29, 0.717) is 24.7 Å². The highest BCUT2D eigenvalue weighted by Crippen LogP contribution is 2.37. The molecule has 1 aromatic carbocycles. The number of amides is 1. The van der Waals surface area contributed by atoms with Crippen molar-refractivity contribution in [3.8, 4) is 0 Å². The van der Waals surface area contributed by atoms with Crippen molar-refractivity contribution in [2.24, 2.45) is 0 Å². The Morgan fingerprint density at radius 3 is 2.47 bits per heavy atom. The molecule has 0 spiro atoms. The number of aromatic nitrogens is 1. The molecule has 3 heterocycles. The van der Waals surface area contributed by atoms with Crippen LogP contribution in [0.1, 0.15) is 69.7 Å². The van der Waals surface area contributed by atoms with E-state index >= 15 is 0 Å². The number of alkyl halides is 3. The number of carbonyl (C=O) groups is 1. The number of hydrogen-bond acceptors (Lipinski definition) is 5. The average molecular weight is 624 g/mol. The Bertz CT molecular complexity index is 1370. The topological polar surface area (TPSA) is 69.1 Å². The summed E-state index contributed by atoms with van der Waals surface area (Å²) in [5.41, 5.74) is -0.259. The van der Waals surface area contributed by atoms with Crippen LogP contribution in [0.25, 0.3) is 0 Å². The van der Waals surface area contributed by atoms with Gasteiger partial charge in [-0.2, -0.15) is 17.5 Å². The highest BCUT2D eigenvalue weighted by Gasteiger charge is 2.39. The summed E-state index contributed by atoms with van der Waals surface area (Å²) in [6, 6.07) is 8.04. The highest BCUT2D eigenvalue weighted by atomic mass is 32.2. The van der Waals surface area contributed by atoms with E-state index in [9.17, 15) is 26.4 Å². The lowest BCUT2D eigenvalue weighted by molar-refractivity contribution is -0.137. The van der Waals surface area contributed by atoms with Gasteiger partial charge in [0.2, 0.25) is 15.9 Å². The number of nitrogens with zero attached hydrogens (tertiary/aromatic N) is 5. The third kappa shape index (κ3) is 6.97. The minimum absolute atomic E-state index is 0.0321. The lowest BCUT2D eigenvalue weighted by Crippen LogP contribution is -2.54. The van der Waals surface area contributed by atoms with Gasteiger partial charge in [-0.25, -0.2) is 8.42 Å². The molecule has 1 unspecified atom stereocenters. The van der Waals surface area contributed by atoms with E-state index in [-0.39, 0.29) is 31.3 Å². The number of rotatable bonds is 8. The second-order valence-corrected chi connectivity index (χ2v) is 14.4. The van der Waals surface area contributed by atoms with Crippen molar-refractivity contribution in [1.82, 2.24) is 23.6 Å². The fraction of sp³-hybridized carbons (Fsp3) is 0.645. The van der Waals surface area contributed by atoms with Gasteiger partial charge in [-0.05, 0) is 76.3 Å². The average Bonchev–Trinajstić information content (AvgIpc) is 3.48. The Labute approximate surface area is 253 Å². The molecule has 2 aromatic rings. The van der Waals surface area contributed by atoms with Gasteiger partial charge in [0.15, 0.2) is 0 Å². The Morgan fingerprint density at radius 2 is 1.77 bits per heavy atom. The highest BCUT2D eigenvalue weighted by molar-refractivity contribution is 7.89. The molecule has 1 saturated heterocycles. The van der Waals surface area contributed by atoms with Crippen molar-refractivity contribution >= 4 is 15.9 Å². The quantitative estimate of drug-likeness (QED) is 0.422. The molecule has 0 bridgehead atoms. The van der Waals surface area contributed by atoms with Crippen molar-refractivity contribution < 1.29 is 26.4 Å². The summed E-state index contributed by atoms with van der Waals surface area (Å²) in [4.78, 5) is 20.1. The number of fused-ring (bicyclic) bond motifs is 1. The molecule has 0 radical (unpaired) electrons. The van der Waals surface area contributed by atoms with Crippen LogP contribution >= 0.6 is 0 Å². The minimum atomic E-state index is -4.65. The van der Waals surface area contributed by atoms with Gasteiger partial charge in [-0.3, -0.25) is 14.6 Å². The van der Waals surface area contributed by atoms with Crippen LogP contribution in [0.5, 0.6) is 0 Å². The standard InChI is InChI=1S/C31H44F3N5O3S/c1-23(2)36-15-17-37(18-16-36)26-9-5-8-25(22-26)35(3)30(40)13-12-29-28-11-6-14-38(28)19-20-39(29)43(41,42)27-10-4-7-24(21-27)31(32,33)34/h4,6-7,10-11,14,21,23,25-26,29H,5,8-9,12-13,15-20,22H2,1-3H3/t25-,26+,29?/m1/s1. The minimum Gasteiger partial charge on any atom is -0.349 e. The number of hydrogen-bond donors (Lipinski definition) is 0. The molecule has 0 N–H and O–H groups in total. The monoisotopic (exact) mass is 623 g/mol. The van der Waals surface area contributed by atoms with Gasteiger partial charge in [-0.1, -0.05) is 6.07 Å². The summed E-state index contributed by atoms with van der Waals surface area (Å²) in [7, 11) is -2.39. The molecule has 1 amide bonds. The summed E-state index contributed by atoms with van der Waals surface area (Å²) in [6.45, 7) is 9.20. The Balaban J connectivity index is 1.26. The Kier molecular flexibility index (Phi) is 9.60. The van der Waals surface area contributed by atoms with Gasteiger partial charge in [0.1, 0.15) is 0 Å². The Hall–Kier alpha value is -2.41. The first-order valence-corrected chi connectivity index (χ1v) is 16.9. The van der Waals surface area contributed by atoms with Gasteiger partial charge in [0.25, 0.3) is 0 Å². The number of halogens is 3. The molecule has 12 heteroatoms. The summed E-state index contributed by atoms with van der Waals surface area (Å²) >= 11 is 0. The van der Waals surface area contributed by atoms with Gasteiger partial charge >= 0.3 is 6.18 Å². The molecular weight excluding hydrogens is 579 g/mol. The van der Waals surface area contributed by atoms with Gasteiger partial charge in [-0.15, -0.1) is 0 Å². The molecule has 1 saturated carbocycles.